The number of rotatable bonds is 4. The molecule has 1 aliphatic heterocycles. The summed E-state index contributed by atoms with van der Waals surface area (Å²) in [5.74, 6) is 1.01. The highest BCUT2D eigenvalue weighted by Gasteiger charge is 2.25. The predicted molar refractivity (Wildman–Crippen MR) is 106 cm³/mol. The van der Waals surface area contributed by atoms with Crippen molar-refractivity contribution in [1.82, 2.24) is 15.1 Å². The third kappa shape index (κ3) is 3.66. The van der Waals surface area contributed by atoms with Gasteiger partial charge in [0, 0.05) is 42.1 Å². The van der Waals surface area contributed by atoms with E-state index >= 15 is 0 Å². The molecule has 1 saturated heterocycles. The summed E-state index contributed by atoms with van der Waals surface area (Å²) in [4.78, 5) is 13.7. The van der Waals surface area contributed by atoms with Crippen LogP contribution in [0.15, 0.2) is 24.3 Å². The molecule has 4 rings (SSSR count). The minimum absolute atomic E-state index is 0.161. The van der Waals surface area contributed by atoms with E-state index in [0.717, 1.165) is 41.8 Å². The summed E-state index contributed by atoms with van der Waals surface area (Å²) in [5, 5.41) is 9.40. The first-order chi connectivity index (χ1) is 13.0. The summed E-state index contributed by atoms with van der Waals surface area (Å²) in [7, 11) is 1.84. The standard InChI is InChI=1S/C20H19Cl2N3O2/c1-25-8-7-12(9-18(25)26)11-27-17-10-13(21)5-6-16(17)19-14-3-2-4-15(14)20(22)24-23-19/h2,4-6,10,12H,3,7-9,11H2,1H3. The molecule has 5 nitrogen and oxygen atoms in total. The number of amides is 1. The second kappa shape index (κ2) is 7.49. The van der Waals surface area contributed by atoms with E-state index in [-0.39, 0.29) is 11.8 Å². The third-order valence-electron chi connectivity index (χ3n) is 5.11. The number of hydrogen-bond acceptors (Lipinski definition) is 4. The molecule has 1 aliphatic carbocycles. The number of fused-ring (bicyclic) bond motifs is 1. The first kappa shape index (κ1) is 18.3. The van der Waals surface area contributed by atoms with Gasteiger partial charge in [0.2, 0.25) is 5.91 Å². The zero-order chi connectivity index (χ0) is 19.0. The lowest BCUT2D eigenvalue weighted by molar-refractivity contribution is -0.133. The molecule has 0 saturated carbocycles. The molecular weight excluding hydrogens is 385 g/mol. The lowest BCUT2D eigenvalue weighted by atomic mass is 9.97. The van der Waals surface area contributed by atoms with E-state index in [1.807, 2.05) is 31.3 Å². The molecule has 140 valence electrons. The van der Waals surface area contributed by atoms with E-state index in [4.69, 9.17) is 27.9 Å². The van der Waals surface area contributed by atoms with Crippen LogP contribution in [-0.4, -0.2) is 41.2 Å². The number of likely N-dealkylation sites (tertiary alicyclic amines) is 1. The van der Waals surface area contributed by atoms with Crippen LogP contribution in [0.5, 0.6) is 5.75 Å². The van der Waals surface area contributed by atoms with Gasteiger partial charge in [0.25, 0.3) is 0 Å². The van der Waals surface area contributed by atoms with Gasteiger partial charge < -0.3 is 9.64 Å². The normalized spacial score (nSPS) is 18.7. The van der Waals surface area contributed by atoms with Gasteiger partial charge in [-0.05, 0) is 36.6 Å². The van der Waals surface area contributed by atoms with Crippen molar-refractivity contribution in [2.75, 3.05) is 20.2 Å². The van der Waals surface area contributed by atoms with Crippen LogP contribution >= 0.6 is 23.2 Å². The van der Waals surface area contributed by atoms with Crippen LogP contribution in [0.1, 0.15) is 24.0 Å². The molecule has 0 bridgehead atoms. The van der Waals surface area contributed by atoms with Gasteiger partial charge in [-0.2, -0.15) is 0 Å². The molecule has 7 heteroatoms. The lowest BCUT2D eigenvalue weighted by Gasteiger charge is -2.28. The number of ether oxygens (including phenoxy) is 1. The van der Waals surface area contributed by atoms with Crippen LogP contribution in [0.3, 0.4) is 0 Å². The molecule has 2 aliphatic rings. The number of carbonyl (C=O) groups is 1. The summed E-state index contributed by atoms with van der Waals surface area (Å²) >= 11 is 12.4. The topological polar surface area (TPSA) is 55.3 Å². The maximum Gasteiger partial charge on any atom is 0.222 e. The largest absolute Gasteiger partial charge is 0.493 e. The Balaban J connectivity index is 1.61. The van der Waals surface area contributed by atoms with Gasteiger partial charge in [-0.25, -0.2) is 0 Å². The maximum atomic E-state index is 11.9. The summed E-state index contributed by atoms with van der Waals surface area (Å²) in [5.41, 5.74) is 3.54. The Kier molecular flexibility index (Phi) is 5.06. The number of benzene rings is 1. The number of carbonyl (C=O) groups excluding carboxylic acids is 1. The smallest absolute Gasteiger partial charge is 0.222 e. The van der Waals surface area contributed by atoms with Crippen LogP contribution in [0.25, 0.3) is 17.3 Å². The molecule has 2 heterocycles. The van der Waals surface area contributed by atoms with Crippen molar-refractivity contribution in [3.8, 4) is 17.0 Å². The fraction of sp³-hybridized carbons (Fsp3) is 0.350. The molecule has 0 radical (unpaired) electrons. The second-order valence-electron chi connectivity index (χ2n) is 6.96. The summed E-state index contributed by atoms with van der Waals surface area (Å²) in [6, 6.07) is 5.50. The maximum absolute atomic E-state index is 11.9. The predicted octanol–water partition coefficient (Wildman–Crippen LogP) is 4.27. The minimum Gasteiger partial charge on any atom is -0.493 e. The first-order valence-electron chi connectivity index (χ1n) is 8.91. The lowest BCUT2D eigenvalue weighted by Crippen LogP contribution is -2.37. The van der Waals surface area contributed by atoms with E-state index in [0.29, 0.717) is 29.0 Å². The molecule has 0 spiro atoms. The van der Waals surface area contributed by atoms with Gasteiger partial charge in [-0.3, -0.25) is 4.79 Å². The Bertz CT molecular complexity index is 930. The van der Waals surface area contributed by atoms with Crippen LogP contribution in [-0.2, 0) is 11.2 Å². The van der Waals surface area contributed by atoms with Crippen molar-refractivity contribution in [3.05, 3.63) is 45.6 Å². The van der Waals surface area contributed by atoms with Gasteiger partial charge >= 0.3 is 0 Å². The highest BCUT2D eigenvalue weighted by molar-refractivity contribution is 6.31. The molecule has 1 fully saturated rings. The molecule has 1 unspecified atom stereocenters. The Morgan fingerprint density at radius 1 is 1.30 bits per heavy atom. The first-order valence-corrected chi connectivity index (χ1v) is 9.67. The van der Waals surface area contributed by atoms with Crippen LogP contribution < -0.4 is 4.74 Å². The fourth-order valence-electron chi connectivity index (χ4n) is 3.51. The number of aromatic nitrogens is 2. The third-order valence-corrected chi connectivity index (χ3v) is 5.63. The van der Waals surface area contributed by atoms with Crippen LogP contribution in [0.4, 0.5) is 0 Å². The Hall–Kier alpha value is -2.11. The van der Waals surface area contributed by atoms with Crippen molar-refractivity contribution in [1.29, 1.82) is 0 Å². The van der Waals surface area contributed by atoms with Crippen molar-refractivity contribution < 1.29 is 9.53 Å². The van der Waals surface area contributed by atoms with E-state index in [1.165, 1.54) is 0 Å². The van der Waals surface area contributed by atoms with Gasteiger partial charge in [0.05, 0.1) is 6.61 Å². The number of nitrogens with zero attached hydrogens (tertiary/aromatic N) is 3. The molecule has 1 amide bonds. The minimum atomic E-state index is 0.161. The van der Waals surface area contributed by atoms with Crippen molar-refractivity contribution in [2.24, 2.45) is 5.92 Å². The zero-order valence-electron chi connectivity index (χ0n) is 14.9. The molecule has 0 N–H and O–H groups in total. The van der Waals surface area contributed by atoms with Gasteiger partial charge in [0.1, 0.15) is 11.4 Å². The van der Waals surface area contributed by atoms with Gasteiger partial charge in [0.15, 0.2) is 5.15 Å². The van der Waals surface area contributed by atoms with E-state index < -0.39 is 0 Å². The average Bonchev–Trinajstić information content (AvgIpc) is 3.14. The molecule has 2 aromatic rings. The highest BCUT2D eigenvalue weighted by Crippen LogP contribution is 2.38. The number of piperidine rings is 1. The molecule has 27 heavy (non-hydrogen) atoms. The Morgan fingerprint density at radius 2 is 2.15 bits per heavy atom. The second-order valence-corrected chi connectivity index (χ2v) is 7.76. The fourth-order valence-corrected chi connectivity index (χ4v) is 3.89. The number of halogens is 2. The number of allylic oxidation sites excluding steroid dienone is 1. The van der Waals surface area contributed by atoms with Crippen molar-refractivity contribution >= 4 is 35.2 Å². The molecule has 1 aromatic heterocycles. The van der Waals surface area contributed by atoms with Crippen LogP contribution in [0, 0.1) is 5.92 Å². The zero-order valence-corrected chi connectivity index (χ0v) is 16.4. The average molecular weight is 404 g/mol. The number of hydrogen-bond donors (Lipinski definition) is 0. The summed E-state index contributed by atoms with van der Waals surface area (Å²) in [6.07, 6.45) is 6.20. The monoisotopic (exact) mass is 403 g/mol. The summed E-state index contributed by atoms with van der Waals surface area (Å²) in [6.45, 7) is 1.23. The summed E-state index contributed by atoms with van der Waals surface area (Å²) < 4.78 is 6.11. The van der Waals surface area contributed by atoms with Crippen LogP contribution in [0.2, 0.25) is 10.2 Å². The molecule has 1 atom stereocenters. The van der Waals surface area contributed by atoms with Gasteiger partial charge in [-0.1, -0.05) is 35.4 Å². The van der Waals surface area contributed by atoms with E-state index in [9.17, 15) is 4.79 Å². The molecule has 1 aromatic carbocycles. The highest BCUT2D eigenvalue weighted by atomic mass is 35.5. The van der Waals surface area contributed by atoms with Crippen molar-refractivity contribution in [3.63, 3.8) is 0 Å². The SMILES string of the molecule is CN1CCC(COc2cc(Cl)ccc2-c2nnc(Cl)c3c2CC=C3)CC1=O. The van der Waals surface area contributed by atoms with Gasteiger partial charge in [-0.15, -0.1) is 10.2 Å². The van der Waals surface area contributed by atoms with E-state index in [1.54, 1.807) is 11.0 Å². The Labute approximate surface area is 167 Å². The van der Waals surface area contributed by atoms with E-state index in [2.05, 4.69) is 10.2 Å². The quantitative estimate of drug-likeness (QED) is 0.764. The molecular formula is C20H19Cl2N3O2. The van der Waals surface area contributed by atoms with Crippen molar-refractivity contribution in [2.45, 2.75) is 19.3 Å². The Morgan fingerprint density at radius 3 is 2.96 bits per heavy atom.